The first-order valence-corrected chi connectivity index (χ1v) is 5.02. The monoisotopic (exact) mass is 213 g/mol. The van der Waals surface area contributed by atoms with Crippen molar-refractivity contribution in [2.45, 2.75) is 6.54 Å². The summed E-state index contributed by atoms with van der Waals surface area (Å²) < 4.78 is 12.5. The lowest BCUT2D eigenvalue weighted by molar-refractivity contribution is 0.626. The summed E-state index contributed by atoms with van der Waals surface area (Å²) >= 11 is 5.46. The van der Waals surface area contributed by atoms with E-state index in [1.165, 1.54) is 12.1 Å². The third-order valence-corrected chi connectivity index (χ3v) is 1.94. The van der Waals surface area contributed by atoms with Crippen molar-refractivity contribution in [2.75, 3.05) is 12.4 Å². The molecule has 14 heavy (non-hydrogen) atoms. The molecule has 0 aliphatic rings. The van der Waals surface area contributed by atoms with Crippen LogP contribution in [0.2, 0.25) is 0 Å². The summed E-state index contributed by atoms with van der Waals surface area (Å²) in [6, 6.07) is 6.47. The van der Waals surface area contributed by atoms with E-state index in [4.69, 9.17) is 11.6 Å². The van der Waals surface area contributed by atoms with E-state index in [0.717, 1.165) is 18.7 Å². The minimum atomic E-state index is -0.198. The lowest BCUT2D eigenvalue weighted by Gasteiger charge is -2.01. The molecule has 0 heterocycles. The lowest BCUT2D eigenvalue weighted by Crippen LogP contribution is -2.12. The quantitative estimate of drug-likeness (QED) is 0.451. The molecular weight excluding hydrogens is 201 g/mol. The molecule has 3 heteroatoms. The molecule has 76 valence electrons. The van der Waals surface area contributed by atoms with Crippen molar-refractivity contribution in [1.82, 2.24) is 5.32 Å². The summed E-state index contributed by atoms with van der Waals surface area (Å²) in [5.41, 5.74) is 1.07. The lowest BCUT2D eigenvalue weighted by atomic mass is 10.2. The fraction of sp³-hybridized carbons (Fsp3) is 0.273. The Morgan fingerprint density at radius 2 is 1.93 bits per heavy atom. The van der Waals surface area contributed by atoms with Crippen LogP contribution >= 0.6 is 11.6 Å². The summed E-state index contributed by atoms with van der Waals surface area (Å²) in [4.78, 5) is 0. The zero-order chi connectivity index (χ0) is 10.2. The van der Waals surface area contributed by atoms with Crippen molar-refractivity contribution in [3.63, 3.8) is 0 Å². The van der Waals surface area contributed by atoms with Crippen molar-refractivity contribution in [3.05, 3.63) is 47.8 Å². The number of rotatable bonds is 5. The number of benzene rings is 1. The van der Waals surface area contributed by atoms with Crippen LogP contribution in [0.25, 0.3) is 0 Å². The third-order valence-electron chi connectivity index (χ3n) is 1.76. The van der Waals surface area contributed by atoms with Crippen LogP contribution in [0.3, 0.4) is 0 Å². The van der Waals surface area contributed by atoms with E-state index >= 15 is 0 Å². The molecule has 1 nitrogen and oxygen atoms in total. The molecule has 0 saturated carbocycles. The first-order valence-electron chi connectivity index (χ1n) is 4.49. The minimum Gasteiger partial charge on any atom is -0.309 e. The van der Waals surface area contributed by atoms with E-state index < -0.39 is 0 Å². The van der Waals surface area contributed by atoms with Gasteiger partial charge in [0.05, 0.1) is 0 Å². The molecule has 0 unspecified atom stereocenters. The number of hydrogen-bond acceptors (Lipinski definition) is 1. The minimum absolute atomic E-state index is 0.198. The molecule has 0 aliphatic heterocycles. The number of halogens is 2. The van der Waals surface area contributed by atoms with Crippen LogP contribution in [0, 0.1) is 5.82 Å². The van der Waals surface area contributed by atoms with Gasteiger partial charge in [-0.2, -0.15) is 0 Å². The molecule has 0 atom stereocenters. The average Bonchev–Trinajstić information content (AvgIpc) is 2.21. The Kier molecular flexibility index (Phi) is 5.27. The predicted molar refractivity (Wildman–Crippen MR) is 58.0 cm³/mol. The van der Waals surface area contributed by atoms with Gasteiger partial charge in [0.25, 0.3) is 0 Å². The molecule has 0 aromatic heterocycles. The van der Waals surface area contributed by atoms with Crippen LogP contribution in [-0.4, -0.2) is 12.4 Å². The van der Waals surface area contributed by atoms with Gasteiger partial charge in [-0.05, 0) is 17.7 Å². The highest BCUT2D eigenvalue weighted by Crippen LogP contribution is 2.01. The number of alkyl halides is 1. The van der Waals surface area contributed by atoms with E-state index in [-0.39, 0.29) is 5.82 Å². The van der Waals surface area contributed by atoms with Crippen molar-refractivity contribution in [3.8, 4) is 0 Å². The van der Waals surface area contributed by atoms with Gasteiger partial charge in [0, 0.05) is 19.0 Å². The summed E-state index contributed by atoms with van der Waals surface area (Å²) in [6.07, 6.45) is 3.86. The van der Waals surface area contributed by atoms with E-state index in [1.54, 1.807) is 12.1 Å². The van der Waals surface area contributed by atoms with Crippen LogP contribution in [-0.2, 0) is 6.54 Å². The fourth-order valence-electron chi connectivity index (χ4n) is 1.05. The van der Waals surface area contributed by atoms with Crippen LogP contribution in [0.1, 0.15) is 5.56 Å². The molecule has 0 bridgehead atoms. The highest BCUT2D eigenvalue weighted by molar-refractivity contribution is 6.18. The van der Waals surface area contributed by atoms with Crippen molar-refractivity contribution in [1.29, 1.82) is 0 Å². The molecule has 0 saturated heterocycles. The maximum absolute atomic E-state index is 12.5. The smallest absolute Gasteiger partial charge is 0.123 e. The van der Waals surface area contributed by atoms with Gasteiger partial charge in [-0.25, -0.2) is 4.39 Å². The second-order valence-electron chi connectivity index (χ2n) is 2.88. The molecule has 1 aromatic rings. The average molecular weight is 214 g/mol. The Labute approximate surface area is 88.6 Å². The van der Waals surface area contributed by atoms with Crippen LogP contribution < -0.4 is 5.32 Å². The highest BCUT2D eigenvalue weighted by atomic mass is 35.5. The Morgan fingerprint density at radius 3 is 2.57 bits per heavy atom. The zero-order valence-electron chi connectivity index (χ0n) is 7.84. The summed E-state index contributed by atoms with van der Waals surface area (Å²) in [5.74, 6) is 0.342. The van der Waals surface area contributed by atoms with E-state index in [0.29, 0.717) is 5.88 Å². The first-order chi connectivity index (χ1) is 6.83. The number of allylic oxidation sites excluding steroid dienone is 1. The molecule has 0 spiro atoms. The molecule has 0 amide bonds. The first kappa shape index (κ1) is 11.2. The second kappa shape index (κ2) is 6.57. The van der Waals surface area contributed by atoms with Crippen molar-refractivity contribution < 1.29 is 4.39 Å². The van der Waals surface area contributed by atoms with E-state index in [9.17, 15) is 4.39 Å². The summed E-state index contributed by atoms with van der Waals surface area (Å²) in [7, 11) is 0. The molecular formula is C11H13ClFN. The standard InChI is InChI=1S/C11H13ClFN/c12-7-1-2-8-14-9-10-3-5-11(13)6-4-10/h1-6,14H,7-9H2/b2-1+. The van der Waals surface area contributed by atoms with Crippen LogP contribution in [0.5, 0.6) is 0 Å². The molecule has 0 fully saturated rings. The maximum atomic E-state index is 12.5. The van der Waals surface area contributed by atoms with E-state index in [2.05, 4.69) is 5.32 Å². The van der Waals surface area contributed by atoms with Gasteiger partial charge in [-0.15, -0.1) is 11.6 Å². The van der Waals surface area contributed by atoms with Gasteiger partial charge >= 0.3 is 0 Å². The summed E-state index contributed by atoms with van der Waals surface area (Å²) in [6.45, 7) is 1.52. The van der Waals surface area contributed by atoms with Crippen LogP contribution in [0.15, 0.2) is 36.4 Å². The van der Waals surface area contributed by atoms with Gasteiger partial charge in [0.1, 0.15) is 5.82 Å². The Bertz CT molecular complexity index is 282. The van der Waals surface area contributed by atoms with Crippen LogP contribution in [0.4, 0.5) is 4.39 Å². The molecule has 1 aromatic carbocycles. The Hall–Kier alpha value is -0.860. The second-order valence-corrected chi connectivity index (χ2v) is 3.19. The molecule has 1 rings (SSSR count). The largest absolute Gasteiger partial charge is 0.309 e. The van der Waals surface area contributed by atoms with Gasteiger partial charge in [0.15, 0.2) is 0 Å². The number of nitrogens with one attached hydrogen (secondary N) is 1. The highest BCUT2D eigenvalue weighted by Gasteiger charge is 1.91. The SMILES string of the molecule is Fc1ccc(CNC/C=C/CCl)cc1. The Morgan fingerprint density at radius 1 is 1.21 bits per heavy atom. The van der Waals surface area contributed by atoms with Gasteiger partial charge < -0.3 is 5.32 Å². The molecule has 0 radical (unpaired) electrons. The van der Waals surface area contributed by atoms with Gasteiger partial charge in [-0.3, -0.25) is 0 Å². The van der Waals surface area contributed by atoms with Gasteiger partial charge in [-0.1, -0.05) is 24.3 Å². The fourth-order valence-corrected chi connectivity index (χ4v) is 1.17. The molecule has 1 N–H and O–H groups in total. The molecule has 0 aliphatic carbocycles. The zero-order valence-corrected chi connectivity index (χ0v) is 8.60. The number of hydrogen-bond donors (Lipinski definition) is 1. The topological polar surface area (TPSA) is 12.0 Å². The van der Waals surface area contributed by atoms with E-state index in [1.807, 2.05) is 12.2 Å². The van der Waals surface area contributed by atoms with Crippen molar-refractivity contribution in [2.24, 2.45) is 0 Å². The third kappa shape index (κ3) is 4.40. The predicted octanol–water partition coefficient (Wildman–Crippen LogP) is 2.71. The Balaban J connectivity index is 2.25. The van der Waals surface area contributed by atoms with Gasteiger partial charge in [0.2, 0.25) is 0 Å². The van der Waals surface area contributed by atoms with Crippen molar-refractivity contribution >= 4 is 11.6 Å². The maximum Gasteiger partial charge on any atom is 0.123 e. The normalized spacial score (nSPS) is 11.0. The summed E-state index contributed by atoms with van der Waals surface area (Å²) in [5, 5.41) is 3.19.